The summed E-state index contributed by atoms with van der Waals surface area (Å²) < 4.78 is 0. The zero-order valence-corrected chi connectivity index (χ0v) is 31.0. The van der Waals surface area contributed by atoms with Crippen LogP contribution in [0.4, 0.5) is 0 Å². The number of carbonyl (C=O) groups is 2. The first-order valence-corrected chi connectivity index (χ1v) is 21.3. The predicted molar refractivity (Wildman–Crippen MR) is 203 cm³/mol. The third-order valence-electron chi connectivity index (χ3n) is 15.2. The van der Waals surface area contributed by atoms with Gasteiger partial charge in [0.15, 0.2) is 0 Å². The van der Waals surface area contributed by atoms with Crippen LogP contribution in [0.2, 0.25) is 0 Å². The lowest BCUT2D eigenvalue weighted by atomic mass is 9.78. The van der Waals surface area contributed by atoms with Crippen LogP contribution in [-0.2, 0) is 9.59 Å². The van der Waals surface area contributed by atoms with Gasteiger partial charge in [-0.2, -0.15) is 0 Å². The summed E-state index contributed by atoms with van der Waals surface area (Å²) in [5.74, 6) is 1.93. The van der Waals surface area contributed by atoms with Gasteiger partial charge in [0.1, 0.15) is 0 Å². The summed E-state index contributed by atoms with van der Waals surface area (Å²) in [6.45, 7) is 2.43. The highest BCUT2D eigenvalue weighted by atomic mass is 16.2. The average Bonchev–Trinajstić information content (AvgIpc) is 3.98. The number of fused-ring (bicyclic) bond motifs is 10. The molecule has 0 spiro atoms. The van der Waals surface area contributed by atoms with Gasteiger partial charge in [-0.05, 0) is 155 Å². The molecule has 0 radical (unpaired) electrons. The van der Waals surface area contributed by atoms with Crippen LogP contribution in [0.5, 0.6) is 0 Å². The molecule has 3 saturated carbocycles. The van der Waals surface area contributed by atoms with Crippen molar-refractivity contribution in [2.75, 3.05) is 13.1 Å². The molecule has 9 rings (SSSR count). The molecule has 3 aliphatic carbocycles. The fraction of sp³-hybridized carbons (Fsp3) is 0.689. The minimum absolute atomic E-state index is 0.151. The second kappa shape index (κ2) is 14.6. The molecule has 4 atom stereocenters. The third-order valence-corrected chi connectivity index (χ3v) is 15.2. The van der Waals surface area contributed by atoms with E-state index in [0.29, 0.717) is 49.1 Å². The predicted octanol–water partition coefficient (Wildman–Crippen LogP) is 9.24. The lowest BCUT2D eigenvalue weighted by molar-refractivity contribution is -0.127. The van der Waals surface area contributed by atoms with E-state index in [9.17, 15) is 9.59 Å². The molecule has 2 amide bonds. The Morgan fingerprint density at radius 2 is 0.882 bits per heavy atom. The molecule has 51 heavy (non-hydrogen) atoms. The molecule has 4 unspecified atom stereocenters. The molecule has 2 N–H and O–H groups in total. The zero-order chi connectivity index (χ0) is 34.4. The highest BCUT2D eigenvalue weighted by molar-refractivity contribution is 5.80. The maximum absolute atomic E-state index is 13.5. The monoisotopic (exact) mass is 690 g/mol. The molecule has 2 aromatic rings. The molecule has 2 saturated heterocycles. The van der Waals surface area contributed by atoms with Gasteiger partial charge >= 0.3 is 0 Å². The summed E-state index contributed by atoms with van der Waals surface area (Å²) in [7, 11) is 0. The van der Waals surface area contributed by atoms with Crippen molar-refractivity contribution in [1.29, 1.82) is 0 Å². The smallest absolute Gasteiger partial charge is 0.220 e. The van der Waals surface area contributed by atoms with E-state index in [1.807, 2.05) is 0 Å². The Hall–Kier alpha value is -2.70. The number of benzene rings is 2. The number of nitrogens with zero attached hydrogens (tertiary/aromatic N) is 2. The number of nitrogens with one attached hydrogen (secondary N) is 2. The average molecular weight is 691 g/mol. The molecule has 4 bridgehead atoms. The van der Waals surface area contributed by atoms with Gasteiger partial charge in [0, 0.05) is 49.1 Å². The van der Waals surface area contributed by atoms with E-state index < -0.39 is 0 Å². The second-order valence-electron chi connectivity index (χ2n) is 18.2. The summed E-state index contributed by atoms with van der Waals surface area (Å²) in [4.78, 5) is 32.5. The zero-order valence-electron chi connectivity index (χ0n) is 31.0. The first-order valence-electron chi connectivity index (χ1n) is 21.3. The Bertz CT molecular complexity index is 1380. The quantitative estimate of drug-likeness (QED) is 0.233. The van der Waals surface area contributed by atoms with E-state index >= 15 is 0 Å². The van der Waals surface area contributed by atoms with Gasteiger partial charge in [-0.15, -0.1) is 0 Å². The van der Waals surface area contributed by atoms with E-state index in [-0.39, 0.29) is 17.2 Å². The van der Waals surface area contributed by atoms with Gasteiger partial charge in [-0.25, -0.2) is 0 Å². The van der Waals surface area contributed by atoms with E-state index in [0.717, 1.165) is 63.2 Å². The molecule has 4 aliphatic heterocycles. The van der Waals surface area contributed by atoms with Gasteiger partial charge in [-0.3, -0.25) is 19.4 Å². The van der Waals surface area contributed by atoms with Crippen LogP contribution < -0.4 is 10.6 Å². The highest BCUT2D eigenvalue weighted by Gasteiger charge is 2.45. The standard InChI is InChI=1S/C45H62N4O2/c50-43(46-33-15-11-31(12-16-33)23-27-48-39-19-20-40(48)36-8-2-1-7-35(36)39)29-45(25-5-6-26-45)30-44(51)47-34-17-13-32(14-18-34)24-28-49-41-21-22-42(49)38-10-4-3-9-37(38)41/h1-4,7-10,31-34,39-42H,5-6,11-30H2,(H,46,50)(H,47,51). The van der Waals surface area contributed by atoms with Crippen LogP contribution in [0.3, 0.4) is 0 Å². The molecule has 7 aliphatic rings. The van der Waals surface area contributed by atoms with E-state index in [4.69, 9.17) is 0 Å². The Balaban J connectivity index is 0.681. The Morgan fingerprint density at radius 3 is 1.24 bits per heavy atom. The highest BCUT2D eigenvalue weighted by Crippen LogP contribution is 2.54. The maximum Gasteiger partial charge on any atom is 0.220 e. The largest absolute Gasteiger partial charge is 0.353 e. The van der Waals surface area contributed by atoms with Gasteiger partial charge in [-0.1, -0.05) is 61.4 Å². The minimum Gasteiger partial charge on any atom is -0.353 e. The maximum atomic E-state index is 13.5. The second-order valence-corrected chi connectivity index (χ2v) is 18.2. The van der Waals surface area contributed by atoms with Crippen LogP contribution in [0, 0.1) is 17.3 Å². The summed E-state index contributed by atoms with van der Waals surface area (Å²) in [5.41, 5.74) is 6.19. The summed E-state index contributed by atoms with van der Waals surface area (Å²) in [6, 6.07) is 21.4. The van der Waals surface area contributed by atoms with Gasteiger partial charge in [0.25, 0.3) is 0 Å². The molecule has 0 aromatic heterocycles. The Labute approximate surface area is 306 Å². The lowest BCUT2D eigenvalue weighted by Crippen LogP contribution is -2.43. The Morgan fingerprint density at radius 1 is 0.529 bits per heavy atom. The van der Waals surface area contributed by atoms with Gasteiger partial charge in [0.2, 0.25) is 11.8 Å². The SMILES string of the molecule is O=C(CC1(CC(=O)NC2CCC(CCN3C4CCC3c3ccccc34)CC2)CCCC1)NC1CCC(CCN2C3CCC2c2ccccc23)CC1. The number of hydrogen-bond donors (Lipinski definition) is 2. The lowest BCUT2D eigenvalue weighted by Gasteiger charge is -2.34. The van der Waals surface area contributed by atoms with E-state index in [1.54, 1.807) is 22.3 Å². The van der Waals surface area contributed by atoms with Crippen molar-refractivity contribution in [1.82, 2.24) is 20.4 Å². The number of hydrogen-bond acceptors (Lipinski definition) is 4. The van der Waals surface area contributed by atoms with Crippen molar-refractivity contribution in [3.05, 3.63) is 70.8 Å². The van der Waals surface area contributed by atoms with Crippen LogP contribution >= 0.6 is 0 Å². The van der Waals surface area contributed by atoms with Crippen molar-refractivity contribution in [2.45, 2.75) is 165 Å². The normalized spacial score (nSPS) is 33.6. The third kappa shape index (κ3) is 6.94. The number of amides is 2. The van der Waals surface area contributed by atoms with Crippen LogP contribution in [0.15, 0.2) is 48.5 Å². The van der Waals surface area contributed by atoms with Gasteiger partial charge < -0.3 is 10.6 Å². The van der Waals surface area contributed by atoms with E-state index in [2.05, 4.69) is 69.0 Å². The molecule has 4 heterocycles. The fourth-order valence-corrected chi connectivity index (χ4v) is 12.6. The molecular weight excluding hydrogens is 629 g/mol. The van der Waals surface area contributed by atoms with Crippen molar-refractivity contribution >= 4 is 11.8 Å². The minimum atomic E-state index is -0.151. The first kappa shape index (κ1) is 34.1. The fourth-order valence-electron chi connectivity index (χ4n) is 12.6. The molecule has 274 valence electrons. The van der Waals surface area contributed by atoms with Crippen LogP contribution in [0.1, 0.15) is 175 Å². The van der Waals surface area contributed by atoms with Crippen molar-refractivity contribution in [3.63, 3.8) is 0 Å². The van der Waals surface area contributed by atoms with Gasteiger partial charge in [0.05, 0.1) is 0 Å². The topological polar surface area (TPSA) is 64.7 Å². The molecule has 2 aromatic carbocycles. The Kier molecular flexibility index (Phi) is 9.77. The van der Waals surface area contributed by atoms with Crippen LogP contribution in [0.25, 0.3) is 0 Å². The van der Waals surface area contributed by atoms with Crippen molar-refractivity contribution < 1.29 is 9.59 Å². The molecule has 6 heteroatoms. The van der Waals surface area contributed by atoms with Crippen LogP contribution in [-0.4, -0.2) is 46.8 Å². The summed E-state index contributed by atoms with van der Waals surface area (Å²) >= 11 is 0. The summed E-state index contributed by atoms with van der Waals surface area (Å²) in [6.07, 6.45) is 22.5. The van der Waals surface area contributed by atoms with E-state index in [1.165, 1.54) is 77.3 Å². The first-order chi connectivity index (χ1) is 25.0. The molecule has 5 fully saturated rings. The number of rotatable bonds is 12. The number of carbonyl (C=O) groups excluding carboxylic acids is 2. The molecule has 6 nitrogen and oxygen atoms in total. The molecular formula is C45H62N4O2. The summed E-state index contributed by atoms with van der Waals surface area (Å²) in [5, 5.41) is 6.89. The van der Waals surface area contributed by atoms with Crippen molar-refractivity contribution in [2.24, 2.45) is 17.3 Å². The van der Waals surface area contributed by atoms with Crippen molar-refractivity contribution in [3.8, 4) is 0 Å².